The van der Waals surface area contributed by atoms with E-state index in [9.17, 15) is 13.2 Å². The molecule has 1 amide bonds. The number of amides is 1. The third-order valence-electron chi connectivity index (χ3n) is 5.90. The Kier molecular flexibility index (Phi) is 7.43. The molecule has 0 saturated carbocycles. The number of rotatable bonds is 8. The summed E-state index contributed by atoms with van der Waals surface area (Å²) in [5, 5.41) is 4.40. The largest absolute Gasteiger partial charge is 0.354 e. The number of nitrogens with zero attached hydrogens (tertiary/aromatic N) is 3. The molecule has 0 aromatic heterocycles. The number of likely N-dealkylation sites (N-methyl/N-ethyl adjacent to an activating group) is 1. The molecule has 1 N–H and O–H groups in total. The van der Waals surface area contributed by atoms with Crippen molar-refractivity contribution in [3.63, 3.8) is 0 Å². The van der Waals surface area contributed by atoms with Crippen molar-refractivity contribution in [2.75, 3.05) is 31.0 Å². The van der Waals surface area contributed by atoms with Crippen molar-refractivity contribution in [3.05, 3.63) is 95.1 Å². The quantitative estimate of drug-likeness (QED) is 0.467. The van der Waals surface area contributed by atoms with Crippen LogP contribution in [-0.4, -0.2) is 39.9 Å². The molecule has 7 nitrogen and oxygen atoms in total. The van der Waals surface area contributed by atoms with Gasteiger partial charge in [-0.2, -0.15) is 13.4 Å². The van der Waals surface area contributed by atoms with Crippen LogP contribution in [0.15, 0.2) is 77.3 Å². The Balaban J connectivity index is 1.85. The Labute approximate surface area is 207 Å². The van der Waals surface area contributed by atoms with Crippen LogP contribution in [0.2, 0.25) is 0 Å². The summed E-state index contributed by atoms with van der Waals surface area (Å²) < 4.78 is 26.4. The van der Waals surface area contributed by atoms with Gasteiger partial charge in [-0.3, -0.25) is 4.79 Å². The molecular formula is C27H28N4O3S. The third kappa shape index (κ3) is 5.50. The van der Waals surface area contributed by atoms with E-state index in [0.717, 1.165) is 41.2 Å². The normalized spacial score (nSPS) is 14.2. The van der Waals surface area contributed by atoms with E-state index in [-0.39, 0.29) is 0 Å². The van der Waals surface area contributed by atoms with Gasteiger partial charge in [0.25, 0.3) is 5.91 Å². The predicted molar refractivity (Wildman–Crippen MR) is 140 cm³/mol. The van der Waals surface area contributed by atoms with Crippen LogP contribution in [0.4, 0.5) is 11.4 Å². The van der Waals surface area contributed by atoms with Gasteiger partial charge in [0, 0.05) is 17.8 Å². The lowest BCUT2D eigenvalue weighted by molar-refractivity contribution is -0.113. The number of hydrogen-bond acceptors (Lipinski definition) is 6. The summed E-state index contributed by atoms with van der Waals surface area (Å²) in [6, 6.07) is 23.2. The molecule has 0 atom stereocenters. The average molecular weight is 489 g/mol. The standard InChI is InChI=1S/C27H28N4O3S/c1-4-19-12-15-24-23(18-19)25(27(32)31(24)29-35(33)34)26(21-8-6-5-7-9-21)28-22-13-10-20(11-14-22)16-17-30(2)3/h5-15,18,28H,4,16-17H2,1-3H3. The molecule has 35 heavy (non-hydrogen) atoms. The van der Waals surface area contributed by atoms with E-state index < -0.39 is 16.4 Å². The fourth-order valence-corrected chi connectivity index (χ4v) is 4.34. The molecule has 3 aromatic carbocycles. The lowest BCUT2D eigenvalue weighted by Crippen LogP contribution is -2.20. The average Bonchev–Trinajstić information content (AvgIpc) is 3.12. The van der Waals surface area contributed by atoms with Gasteiger partial charge in [-0.1, -0.05) is 55.5 Å². The van der Waals surface area contributed by atoms with Crippen LogP contribution in [0.5, 0.6) is 0 Å². The Morgan fingerprint density at radius 3 is 2.29 bits per heavy atom. The predicted octanol–water partition coefficient (Wildman–Crippen LogP) is 4.66. The van der Waals surface area contributed by atoms with Crippen molar-refractivity contribution in [2.24, 2.45) is 4.47 Å². The van der Waals surface area contributed by atoms with Crippen molar-refractivity contribution >= 4 is 39.1 Å². The Morgan fingerprint density at radius 2 is 1.66 bits per heavy atom. The van der Waals surface area contributed by atoms with E-state index >= 15 is 0 Å². The zero-order valence-corrected chi connectivity index (χ0v) is 20.8. The van der Waals surface area contributed by atoms with Crippen LogP contribution in [0.3, 0.4) is 0 Å². The van der Waals surface area contributed by atoms with Crippen molar-refractivity contribution in [2.45, 2.75) is 19.8 Å². The smallest absolute Gasteiger partial charge is 0.333 e. The van der Waals surface area contributed by atoms with Gasteiger partial charge in [0.15, 0.2) is 0 Å². The topological polar surface area (TPSA) is 82.1 Å². The second-order valence-corrected chi connectivity index (χ2v) is 9.21. The van der Waals surface area contributed by atoms with Gasteiger partial charge >= 0.3 is 10.5 Å². The van der Waals surface area contributed by atoms with Crippen molar-refractivity contribution in [1.82, 2.24) is 4.90 Å². The summed E-state index contributed by atoms with van der Waals surface area (Å²) in [7, 11) is 1.32. The molecule has 4 rings (SSSR count). The van der Waals surface area contributed by atoms with Gasteiger partial charge in [0.2, 0.25) is 0 Å². The van der Waals surface area contributed by atoms with Gasteiger partial charge in [-0.15, -0.1) is 0 Å². The molecule has 0 spiro atoms. The maximum atomic E-state index is 13.6. The molecule has 180 valence electrons. The molecule has 1 aliphatic heterocycles. The SMILES string of the molecule is CCc1ccc2c(c1)C(=C(Nc1ccc(CCN(C)C)cc1)c1ccccc1)C(=O)N2N=S(=O)=O. The molecule has 0 saturated heterocycles. The molecular weight excluding hydrogens is 460 g/mol. The highest BCUT2D eigenvalue weighted by Gasteiger charge is 2.36. The van der Waals surface area contributed by atoms with E-state index in [1.54, 1.807) is 6.07 Å². The third-order valence-corrected chi connectivity index (χ3v) is 6.20. The first-order valence-corrected chi connectivity index (χ1v) is 12.5. The molecule has 1 aliphatic rings. The fourth-order valence-electron chi connectivity index (χ4n) is 4.04. The van der Waals surface area contributed by atoms with Gasteiger partial charge in [-0.25, -0.2) is 0 Å². The van der Waals surface area contributed by atoms with Gasteiger partial charge in [0.1, 0.15) is 0 Å². The molecule has 8 heteroatoms. The summed E-state index contributed by atoms with van der Waals surface area (Å²) in [4.78, 5) is 15.7. The molecule has 3 aromatic rings. The first kappa shape index (κ1) is 24.4. The van der Waals surface area contributed by atoms with E-state index in [1.807, 2.05) is 75.6 Å². The second-order valence-electron chi connectivity index (χ2n) is 8.61. The Hall–Kier alpha value is -3.75. The van der Waals surface area contributed by atoms with Crippen LogP contribution >= 0.6 is 0 Å². The summed E-state index contributed by atoms with van der Waals surface area (Å²) in [5.41, 5.74) is 5.97. The number of nitrogens with one attached hydrogen (secondary N) is 1. The second kappa shape index (κ2) is 10.7. The number of hydrogen-bond donors (Lipinski definition) is 1. The highest BCUT2D eigenvalue weighted by atomic mass is 32.2. The first-order valence-electron chi connectivity index (χ1n) is 11.5. The molecule has 0 bridgehead atoms. The summed E-state index contributed by atoms with van der Waals surface area (Å²) >= 11 is 0. The maximum Gasteiger partial charge on any atom is 0.333 e. The van der Waals surface area contributed by atoms with Crippen molar-refractivity contribution in [3.8, 4) is 0 Å². The highest BCUT2D eigenvalue weighted by Crippen LogP contribution is 2.42. The minimum atomic E-state index is -2.78. The maximum absolute atomic E-state index is 13.6. The van der Waals surface area contributed by atoms with Crippen molar-refractivity contribution in [1.29, 1.82) is 0 Å². The number of fused-ring (bicyclic) bond motifs is 1. The molecule has 0 radical (unpaired) electrons. The monoisotopic (exact) mass is 488 g/mol. The van der Waals surface area contributed by atoms with E-state index in [1.165, 1.54) is 5.56 Å². The van der Waals surface area contributed by atoms with Gasteiger partial charge < -0.3 is 10.2 Å². The van der Waals surface area contributed by atoms with Crippen LogP contribution in [-0.2, 0) is 28.1 Å². The molecule has 0 aliphatic carbocycles. The van der Waals surface area contributed by atoms with Crippen LogP contribution in [0, 0.1) is 0 Å². The Bertz CT molecular complexity index is 1390. The van der Waals surface area contributed by atoms with Crippen LogP contribution in [0.1, 0.15) is 29.2 Å². The number of benzene rings is 3. The lowest BCUT2D eigenvalue weighted by Gasteiger charge is -2.16. The van der Waals surface area contributed by atoms with Crippen LogP contribution < -0.4 is 10.3 Å². The molecule has 1 heterocycles. The van der Waals surface area contributed by atoms with Gasteiger partial charge in [-0.05, 0) is 72.4 Å². The van der Waals surface area contributed by atoms with Crippen molar-refractivity contribution < 1.29 is 13.2 Å². The van der Waals surface area contributed by atoms with E-state index in [4.69, 9.17) is 0 Å². The molecule has 0 unspecified atom stereocenters. The van der Waals surface area contributed by atoms with E-state index in [2.05, 4.69) is 26.8 Å². The van der Waals surface area contributed by atoms with Gasteiger partial charge in [0.05, 0.1) is 17.0 Å². The van der Waals surface area contributed by atoms with E-state index in [0.29, 0.717) is 22.5 Å². The zero-order chi connectivity index (χ0) is 24.9. The number of anilines is 2. The number of carbonyl (C=O) groups excluding carboxylic acids is 1. The minimum Gasteiger partial charge on any atom is -0.354 e. The zero-order valence-electron chi connectivity index (χ0n) is 20.0. The minimum absolute atomic E-state index is 0.382. The van der Waals surface area contributed by atoms with Crippen LogP contribution in [0.25, 0.3) is 11.3 Å². The lowest BCUT2D eigenvalue weighted by atomic mass is 9.98. The Morgan fingerprint density at radius 1 is 0.971 bits per heavy atom. The summed E-state index contributed by atoms with van der Waals surface area (Å²) in [6.07, 6.45) is 1.72. The fraction of sp³-hybridized carbons (Fsp3) is 0.222. The summed E-state index contributed by atoms with van der Waals surface area (Å²) in [6.45, 7) is 2.99. The molecule has 0 fully saturated rings. The highest BCUT2D eigenvalue weighted by molar-refractivity contribution is 7.61. The number of aryl methyl sites for hydroxylation is 1. The first-order chi connectivity index (χ1) is 16.9. The number of carbonyl (C=O) groups is 1. The summed E-state index contributed by atoms with van der Waals surface area (Å²) in [5.74, 6) is -0.494.